The van der Waals surface area contributed by atoms with Gasteiger partial charge in [-0.2, -0.15) is 0 Å². The highest BCUT2D eigenvalue weighted by molar-refractivity contribution is 5.67. The summed E-state index contributed by atoms with van der Waals surface area (Å²) in [7, 11) is 0. The second kappa shape index (κ2) is 4.13. The van der Waals surface area contributed by atoms with E-state index in [0.717, 1.165) is 6.42 Å². The van der Waals surface area contributed by atoms with Crippen molar-refractivity contribution in [2.24, 2.45) is 5.92 Å². The maximum Gasteiger partial charge on any atom is 0.407 e. The minimum atomic E-state index is -0.297. The Morgan fingerprint density at radius 1 is 1.36 bits per heavy atom. The van der Waals surface area contributed by atoms with E-state index >= 15 is 0 Å². The Labute approximate surface area is 83.1 Å². The van der Waals surface area contributed by atoms with Crippen LogP contribution in [0.15, 0.2) is 30.3 Å². The second-order valence-corrected chi connectivity index (χ2v) is 3.54. The van der Waals surface area contributed by atoms with Gasteiger partial charge in [-0.3, -0.25) is 0 Å². The van der Waals surface area contributed by atoms with E-state index in [4.69, 9.17) is 4.74 Å². The van der Waals surface area contributed by atoms with E-state index in [1.807, 2.05) is 18.2 Å². The molecule has 74 valence electrons. The van der Waals surface area contributed by atoms with Crippen LogP contribution in [0.5, 0.6) is 0 Å². The highest BCUT2D eigenvalue weighted by Gasteiger charge is 2.18. The fourth-order valence-corrected chi connectivity index (χ4v) is 1.61. The summed E-state index contributed by atoms with van der Waals surface area (Å²) in [6.45, 7) is 1.24. The number of alkyl carbamates (subject to hydrolysis) is 1. The average Bonchev–Trinajstić information content (AvgIpc) is 2.23. The molecule has 14 heavy (non-hydrogen) atoms. The number of hydrogen-bond acceptors (Lipinski definition) is 2. The maximum absolute atomic E-state index is 10.7. The summed E-state index contributed by atoms with van der Waals surface area (Å²) in [5, 5.41) is 2.69. The smallest absolute Gasteiger partial charge is 0.407 e. The van der Waals surface area contributed by atoms with Crippen LogP contribution < -0.4 is 5.32 Å². The van der Waals surface area contributed by atoms with Crippen molar-refractivity contribution in [1.29, 1.82) is 0 Å². The van der Waals surface area contributed by atoms with Crippen LogP contribution in [0, 0.1) is 5.92 Å². The second-order valence-electron chi connectivity index (χ2n) is 3.54. The number of ether oxygens (including phenoxy) is 1. The van der Waals surface area contributed by atoms with Gasteiger partial charge in [0.25, 0.3) is 0 Å². The van der Waals surface area contributed by atoms with E-state index in [-0.39, 0.29) is 6.09 Å². The SMILES string of the molecule is O=C1NC[C@@H](Cc2ccccc2)CO1. The van der Waals surface area contributed by atoms with E-state index in [1.165, 1.54) is 5.56 Å². The van der Waals surface area contributed by atoms with Crippen molar-refractivity contribution >= 4 is 6.09 Å². The molecule has 1 fully saturated rings. The van der Waals surface area contributed by atoms with Crippen LogP contribution in [0.1, 0.15) is 5.56 Å². The first kappa shape index (κ1) is 9.06. The maximum atomic E-state index is 10.7. The number of cyclic esters (lactones) is 1. The molecular weight excluding hydrogens is 178 g/mol. The molecule has 0 radical (unpaired) electrons. The van der Waals surface area contributed by atoms with Crippen molar-refractivity contribution in [3.8, 4) is 0 Å². The summed E-state index contributed by atoms with van der Waals surface area (Å²) in [5.41, 5.74) is 1.29. The van der Waals surface area contributed by atoms with Crippen LogP contribution in [0.25, 0.3) is 0 Å². The Hall–Kier alpha value is -1.51. The third-order valence-electron chi connectivity index (χ3n) is 2.35. The summed E-state index contributed by atoms with van der Waals surface area (Å²) in [5.74, 6) is 0.398. The Morgan fingerprint density at radius 3 is 2.79 bits per heavy atom. The van der Waals surface area contributed by atoms with Crippen molar-refractivity contribution in [2.45, 2.75) is 6.42 Å². The van der Waals surface area contributed by atoms with Gasteiger partial charge in [0.1, 0.15) is 0 Å². The van der Waals surface area contributed by atoms with Gasteiger partial charge in [0, 0.05) is 12.5 Å². The topological polar surface area (TPSA) is 38.3 Å². The molecule has 1 aliphatic heterocycles. The van der Waals surface area contributed by atoms with Gasteiger partial charge in [-0.05, 0) is 12.0 Å². The lowest BCUT2D eigenvalue weighted by Crippen LogP contribution is -2.39. The molecule has 0 aliphatic carbocycles. The number of hydrogen-bond donors (Lipinski definition) is 1. The number of carbonyl (C=O) groups excluding carboxylic acids is 1. The van der Waals surface area contributed by atoms with Crippen molar-refractivity contribution in [3.63, 3.8) is 0 Å². The first-order chi connectivity index (χ1) is 6.84. The fraction of sp³-hybridized carbons (Fsp3) is 0.364. The Kier molecular flexibility index (Phi) is 2.68. The van der Waals surface area contributed by atoms with E-state index in [0.29, 0.717) is 19.1 Å². The van der Waals surface area contributed by atoms with Crippen molar-refractivity contribution in [3.05, 3.63) is 35.9 Å². The molecule has 1 aromatic carbocycles. The molecule has 1 amide bonds. The third-order valence-corrected chi connectivity index (χ3v) is 2.35. The lowest BCUT2D eigenvalue weighted by atomic mass is 9.99. The fourth-order valence-electron chi connectivity index (χ4n) is 1.61. The largest absolute Gasteiger partial charge is 0.449 e. The molecule has 1 aromatic rings. The standard InChI is InChI=1S/C11H13NO2/c13-11-12-7-10(8-14-11)6-9-4-2-1-3-5-9/h1-5,10H,6-8H2,(H,12,13)/t10-/m1/s1. The zero-order valence-electron chi connectivity index (χ0n) is 7.90. The lowest BCUT2D eigenvalue weighted by molar-refractivity contribution is 0.103. The van der Waals surface area contributed by atoms with Crippen LogP contribution in [-0.4, -0.2) is 19.2 Å². The normalized spacial score (nSPS) is 21.1. The van der Waals surface area contributed by atoms with Crippen molar-refractivity contribution < 1.29 is 9.53 Å². The predicted octanol–water partition coefficient (Wildman–Crippen LogP) is 1.59. The number of nitrogens with one attached hydrogen (secondary N) is 1. The zero-order chi connectivity index (χ0) is 9.80. The quantitative estimate of drug-likeness (QED) is 0.770. The van der Waals surface area contributed by atoms with Gasteiger partial charge in [-0.25, -0.2) is 4.79 Å². The highest BCUT2D eigenvalue weighted by Crippen LogP contribution is 2.11. The number of amides is 1. The molecule has 0 spiro atoms. The number of rotatable bonds is 2. The minimum Gasteiger partial charge on any atom is -0.449 e. The lowest BCUT2D eigenvalue weighted by Gasteiger charge is -2.22. The van der Waals surface area contributed by atoms with E-state index in [1.54, 1.807) is 0 Å². The molecule has 0 saturated carbocycles. The zero-order valence-corrected chi connectivity index (χ0v) is 7.90. The van der Waals surface area contributed by atoms with E-state index in [2.05, 4.69) is 17.4 Å². The summed E-state index contributed by atoms with van der Waals surface area (Å²) in [4.78, 5) is 10.7. The molecule has 2 rings (SSSR count). The molecule has 1 atom stereocenters. The average molecular weight is 191 g/mol. The minimum absolute atomic E-state index is 0.297. The van der Waals surface area contributed by atoms with E-state index in [9.17, 15) is 4.79 Å². The Bertz CT molecular complexity index is 300. The molecule has 3 heteroatoms. The summed E-state index contributed by atoms with van der Waals surface area (Å²) < 4.78 is 4.91. The molecule has 1 heterocycles. The Balaban J connectivity index is 1.89. The molecule has 0 unspecified atom stereocenters. The third kappa shape index (κ3) is 2.25. The van der Waals surface area contributed by atoms with Gasteiger partial charge in [0.05, 0.1) is 6.61 Å². The van der Waals surface area contributed by atoms with Crippen LogP contribution in [0.3, 0.4) is 0 Å². The molecule has 0 bridgehead atoms. The van der Waals surface area contributed by atoms with Gasteiger partial charge in [0.15, 0.2) is 0 Å². The van der Waals surface area contributed by atoms with Gasteiger partial charge >= 0.3 is 6.09 Å². The van der Waals surface area contributed by atoms with Crippen LogP contribution >= 0.6 is 0 Å². The Morgan fingerprint density at radius 2 is 2.14 bits per heavy atom. The van der Waals surface area contributed by atoms with Crippen LogP contribution in [0.4, 0.5) is 4.79 Å². The van der Waals surface area contributed by atoms with Gasteiger partial charge < -0.3 is 10.1 Å². The van der Waals surface area contributed by atoms with Gasteiger partial charge in [0.2, 0.25) is 0 Å². The highest BCUT2D eigenvalue weighted by atomic mass is 16.6. The molecule has 1 N–H and O–H groups in total. The van der Waals surface area contributed by atoms with Crippen LogP contribution in [0.2, 0.25) is 0 Å². The molecule has 3 nitrogen and oxygen atoms in total. The summed E-state index contributed by atoms with van der Waals surface area (Å²) in [6.07, 6.45) is 0.663. The molecule has 1 aliphatic rings. The van der Waals surface area contributed by atoms with E-state index < -0.39 is 0 Å². The summed E-state index contributed by atoms with van der Waals surface area (Å²) >= 11 is 0. The van der Waals surface area contributed by atoms with Crippen molar-refractivity contribution in [1.82, 2.24) is 5.32 Å². The monoisotopic (exact) mass is 191 g/mol. The van der Waals surface area contributed by atoms with Gasteiger partial charge in [-0.1, -0.05) is 30.3 Å². The van der Waals surface area contributed by atoms with Crippen molar-refractivity contribution in [2.75, 3.05) is 13.2 Å². The number of carbonyl (C=O) groups is 1. The number of benzene rings is 1. The molecule has 0 aromatic heterocycles. The molecule has 1 saturated heterocycles. The molecular formula is C11H13NO2. The summed E-state index contributed by atoms with van der Waals surface area (Å²) in [6, 6.07) is 10.2. The van der Waals surface area contributed by atoms with Crippen LogP contribution in [-0.2, 0) is 11.2 Å². The van der Waals surface area contributed by atoms with Gasteiger partial charge in [-0.15, -0.1) is 0 Å². The first-order valence-electron chi connectivity index (χ1n) is 4.79. The first-order valence-corrected chi connectivity index (χ1v) is 4.79. The predicted molar refractivity (Wildman–Crippen MR) is 53.0 cm³/mol.